The molecule has 0 saturated carbocycles. The fraction of sp³-hybridized carbons (Fsp3) is 0.304. The quantitative estimate of drug-likeness (QED) is 0.716. The lowest BCUT2D eigenvalue weighted by Crippen LogP contribution is -2.40. The van der Waals surface area contributed by atoms with E-state index in [0.717, 1.165) is 11.1 Å². The highest BCUT2D eigenvalue weighted by Gasteiger charge is 2.30. The summed E-state index contributed by atoms with van der Waals surface area (Å²) in [6.07, 6.45) is 2.45. The minimum Gasteiger partial charge on any atom is -0.325 e. The molecular weight excluding hydrogens is 414 g/mol. The van der Waals surface area contributed by atoms with E-state index < -0.39 is 10.0 Å². The number of anilines is 2. The molecule has 0 atom stereocenters. The molecular formula is C23H27N3O4S. The third-order valence-corrected chi connectivity index (χ3v) is 6.73. The standard InChI is InChI=1S/C23H27N3O4S/c1-17-8-9-21(24-18(2)27)22(16-17)25-23(28)20-10-13-26(14-11-20)31(29,30)15-12-19-6-4-3-5-7-19/h3-9,12,15-16,20H,10-11,13-14H2,1-2H3,(H,24,27)(H,25,28)/b15-12+. The van der Waals surface area contributed by atoms with E-state index in [1.807, 2.05) is 43.3 Å². The third-order valence-electron chi connectivity index (χ3n) is 5.16. The minimum absolute atomic E-state index is 0.172. The van der Waals surface area contributed by atoms with Crippen molar-refractivity contribution in [3.63, 3.8) is 0 Å². The Morgan fingerprint density at radius 2 is 1.68 bits per heavy atom. The van der Waals surface area contributed by atoms with Crippen LogP contribution >= 0.6 is 0 Å². The van der Waals surface area contributed by atoms with Crippen LogP contribution in [0.15, 0.2) is 53.9 Å². The van der Waals surface area contributed by atoms with Gasteiger partial charge in [-0.15, -0.1) is 0 Å². The van der Waals surface area contributed by atoms with Crippen molar-refractivity contribution in [3.05, 3.63) is 65.1 Å². The van der Waals surface area contributed by atoms with Crippen molar-refractivity contribution in [2.75, 3.05) is 23.7 Å². The Labute approximate surface area is 183 Å². The Morgan fingerprint density at radius 1 is 1.00 bits per heavy atom. The molecule has 0 radical (unpaired) electrons. The summed E-state index contributed by atoms with van der Waals surface area (Å²) in [6, 6.07) is 14.7. The van der Waals surface area contributed by atoms with E-state index in [4.69, 9.17) is 0 Å². The molecule has 1 fully saturated rings. The summed E-state index contributed by atoms with van der Waals surface area (Å²) in [4.78, 5) is 24.2. The van der Waals surface area contributed by atoms with Gasteiger partial charge in [-0.3, -0.25) is 9.59 Å². The van der Waals surface area contributed by atoms with Crippen molar-refractivity contribution in [1.82, 2.24) is 4.31 Å². The number of carbonyl (C=O) groups is 2. The van der Waals surface area contributed by atoms with Gasteiger partial charge in [0.2, 0.25) is 21.8 Å². The minimum atomic E-state index is -3.54. The first-order valence-electron chi connectivity index (χ1n) is 10.2. The van der Waals surface area contributed by atoms with E-state index in [1.165, 1.54) is 16.6 Å². The van der Waals surface area contributed by atoms with Crippen molar-refractivity contribution < 1.29 is 18.0 Å². The molecule has 0 unspecified atom stereocenters. The molecule has 0 aliphatic carbocycles. The number of rotatable bonds is 6. The fourth-order valence-electron chi connectivity index (χ4n) is 3.48. The van der Waals surface area contributed by atoms with Crippen molar-refractivity contribution >= 4 is 39.3 Å². The lowest BCUT2D eigenvalue weighted by Gasteiger charge is -2.29. The van der Waals surface area contributed by atoms with Crippen molar-refractivity contribution in [2.45, 2.75) is 26.7 Å². The molecule has 2 aromatic rings. The van der Waals surface area contributed by atoms with Crippen molar-refractivity contribution in [2.24, 2.45) is 5.92 Å². The predicted octanol–water partition coefficient (Wildman–Crippen LogP) is 3.60. The van der Waals surface area contributed by atoms with Gasteiger partial charge < -0.3 is 10.6 Å². The van der Waals surface area contributed by atoms with Gasteiger partial charge >= 0.3 is 0 Å². The molecule has 2 aromatic carbocycles. The van der Waals surface area contributed by atoms with Crippen LogP contribution in [0.1, 0.15) is 30.9 Å². The molecule has 0 aromatic heterocycles. The number of carbonyl (C=O) groups excluding carboxylic acids is 2. The molecule has 1 saturated heterocycles. The normalized spacial score (nSPS) is 15.7. The molecule has 0 spiro atoms. The Bertz CT molecular complexity index is 1070. The number of amides is 2. The average Bonchev–Trinajstić information content (AvgIpc) is 2.75. The van der Waals surface area contributed by atoms with E-state index in [2.05, 4.69) is 10.6 Å². The van der Waals surface area contributed by atoms with Crippen LogP contribution in [0, 0.1) is 12.8 Å². The van der Waals surface area contributed by atoms with Crippen LogP contribution in [-0.2, 0) is 19.6 Å². The highest BCUT2D eigenvalue weighted by molar-refractivity contribution is 7.92. The first-order valence-corrected chi connectivity index (χ1v) is 11.7. The van der Waals surface area contributed by atoms with Gasteiger partial charge in [0, 0.05) is 31.3 Å². The summed E-state index contributed by atoms with van der Waals surface area (Å²) in [6.45, 7) is 3.88. The average molecular weight is 442 g/mol. The van der Waals surface area contributed by atoms with E-state index in [-0.39, 0.29) is 30.8 Å². The summed E-state index contributed by atoms with van der Waals surface area (Å²) < 4.78 is 26.6. The SMILES string of the molecule is CC(=O)Nc1ccc(C)cc1NC(=O)C1CCN(S(=O)(=O)/C=C/c2ccccc2)CC1. The molecule has 3 rings (SSSR count). The Kier molecular flexibility index (Phi) is 7.25. The number of hydrogen-bond acceptors (Lipinski definition) is 4. The summed E-state index contributed by atoms with van der Waals surface area (Å²) in [5.41, 5.74) is 2.85. The number of aryl methyl sites for hydroxylation is 1. The maximum atomic E-state index is 12.8. The zero-order chi connectivity index (χ0) is 22.4. The topological polar surface area (TPSA) is 95.6 Å². The molecule has 164 valence electrons. The van der Waals surface area contributed by atoms with Gasteiger partial charge in [0.25, 0.3) is 0 Å². The van der Waals surface area contributed by atoms with E-state index >= 15 is 0 Å². The first-order chi connectivity index (χ1) is 14.7. The lowest BCUT2D eigenvalue weighted by molar-refractivity contribution is -0.121. The van der Waals surface area contributed by atoms with Gasteiger partial charge in [0.15, 0.2) is 0 Å². The van der Waals surface area contributed by atoms with Gasteiger partial charge in [-0.2, -0.15) is 4.31 Å². The molecule has 1 heterocycles. The number of sulfonamides is 1. The molecule has 31 heavy (non-hydrogen) atoms. The number of nitrogens with one attached hydrogen (secondary N) is 2. The van der Waals surface area contributed by atoms with Gasteiger partial charge in [-0.1, -0.05) is 36.4 Å². The second kappa shape index (κ2) is 9.89. The monoisotopic (exact) mass is 441 g/mol. The number of piperidine rings is 1. The number of nitrogens with zero attached hydrogens (tertiary/aromatic N) is 1. The second-order valence-corrected chi connectivity index (χ2v) is 9.47. The molecule has 2 amide bonds. The van der Waals surface area contributed by atoms with Crippen molar-refractivity contribution in [3.8, 4) is 0 Å². The Hall–Kier alpha value is -2.97. The van der Waals surface area contributed by atoms with Gasteiger partial charge in [-0.25, -0.2) is 8.42 Å². The predicted molar refractivity (Wildman–Crippen MR) is 123 cm³/mol. The van der Waals surface area contributed by atoms with Crippen LogP contribution in [0.25, 0.3) is 6.08 Å². The first kappa shape index (κ1) is 22.7. The summed E-state index contributed by atoms with van der Waals surface area (Å²) in [7, 11) is -3.54. The van der Waals surface area contributed by atoms with Crippen LogP contribution in [-0.4, -0.2) is 37.6 Å². The van der Waals surface area contributed by atoms with Gasteiger partial charge in [0.1, 0.15) is 0 Å². The maximum Gasteiger partial charge on any atom is 0.236 e. The molecule has 8 heteroatoms. The van der Waals surface area contributed by atoms with Crippen LogP contribution in [0.5, 0.6) is 0 Å². The van der Waals surface area contributed by atoms with Crippen LogP contribution < -0.4 is 10.6 Å². The smallest absolute Gasteiger partial charge is 0.236 e. The zero-order valence-electron chi connectivity index (χ0n) is 17.7. The molecule has 7 nitrogen and oxygen atoms in total. The van der Waals surface area contributed by atoms with Gasteiger partial charge in [0.05, 0.1) is 11.4 Å². The highest BCUT2D eigenvalue weighted by atomic mass is 32.2. The molecule has 0 bridgehead atoms. The van der Waals surface area contributed by atoms with Crippen molar-refractivity contribution in [1.29, 1.82) is 0 Å². The number of hydrogen-bond donors (Lipinski definition) is 2. The largest absolute Gasteiger partial charge is 0.325 e. The van der Waals surface area contributed by atoms with Crippen LogP contribution in [0.2, 0.25) is 0 Å². The molecule has 1 aliphatic rings. The third kappa shape index (κ3) is 6.26. The van der Waals surface area contributed by atoms with Crippen LogP contribution in [0.4, 0.5) is 11.4 Å². The lowest BCUT2D eigenvalue weighted by atomic mass is 9.97. The summed E-state index contributed by atoms with van der Waals surface area (Å²) in [5, 5.41) is 6.82. The maximum absolute atomic E-state index is 12.8. The number of benzene rings is 2. The summed E-state index contributed by atoms with van der Waals surface area (Å²) in [5.74, 6) is -0.689. The molecule has 2 N–H and O–H groups in total. The second-order valence-electron chi connectivity index (χ2n) is 7.65. The van der Waals surface area contributed by atoms with Gasteiger partial charge in [-0.05, 0) is 49.1 Å². The van der Waals surface area contributed by atoms with E-state index in [9.17, 15) is 18.0 Å². The van der Waals surface area contributed by atoms with Crippen LogP contribution in [0.3, 0.4) is 0 Å². The highest BCUT2D eigenvalue weighted by Crippen LogP contribution is 2.26. The Morgan fingerprint density at radius 3 is 2.32 bits per heavy atom. The Balaban J connectivity index is 1.61. The zero-order valence-corrected chi connectivity index (χ0v) is 18.5. The van der Waals surface area contributed by atoms with E-state index in [1.54, 1.807) is 18.2 Å². The fourth-order valence-corrected chi connectivity index (χ4v) is 4.70. The molecule has 1 aliphatic heterocycles. The van der Waals surface area contributed by atoms with E-state index in [0.29, 0.717) is 24.2 Å². The summed E-state index contributed by atoms with van der Waals surface area (Å²) >= 11 is 0.